The van der Waals surface area contributed by atoms with Crippen molar-refractivity contribution in [1.82, 2.24) is 29.0 Å². The van der Waals surface area contributed by atoms with Gasteiger partial charge in [0.15, 0.2) is 0 Å². The summed E-state index contributed by atoms with van der Waals surface area (Å²) < 4.78 is 3.67. The first kappa shape index (κ1) is 17.4. The molecule has 4 heterocycles. The van der Waals surface area contributed by atoms with Gasteiger partial charge in [-0.15, -0.1) is 5.10 Å². The van der Waals surface area contributed by atoms with Crippen LogP contribution in [0.15, 0.2) is 37.1 Å². The molecule has 140 valence electrons. The second-order valence-corrected chi connectivity index (χ2v) is 6.99. The Balaban J connectivity index is 0.000000218. The van der Waals surface area contributed by atoms with Crippen LogP contribution >= 0.6 is 0 Å². The standard InChI is InChI=1S/C13H11N7.C6H13N/c1-8-4-16-13-17-5-9(7-19(8)13)10-2-3-20-11(10)6-15-12(14)18-20;7-6-4-2-1-3-5-6/h2-7H,1H3,(H2,14,18);6H,1-5,7H2. The summed E-state index contributed by atoms with van der Waals surface area (Å²) in [5.74, 6) is 0.939. The van der Waals surface area contributed by atoms with Gasteiger partial charge in [-0.1, -0.05) is 19.3 Å². The fraction of sp³-hybridized carbons (Fsp3) is 0.368. The predicted molar refractivity (Wildman–Crippen MR) is 105 cm³/mol. The highest BCUT2D eigenvalue weighted by atomic mass is 15.3. The van der Waals surface area contributed by atoms with Crippen LogP contribution in [0.5, 0.6) is 0 Å². The van der Waals surface area contributed by atoms with Crippen LogP contribution in [-0.4, -0.2) is 35.0 Å². The molecule has 0 aromatic carbocycles. The summed E-state index contributed by atoms with van der Waals surface area (Å²) in [6.45, 7) is 1.99. The second-order valence-electron chi connectivity index (χ2n) is 6.99. The van der Waals surface area contributed by atoms with Gasteiger partial charge in [-0.25, -0.2) is 19.5 Å². The maximum absolute atomic E-state index is 5.63. The van der Waals surface area contributed by atoms with Gasteiger partial charge < -0.3 is 11.5 Å². The number of anilines is 1. The lowest BCUT2D eigenvalue weighted by molar-refractivity contribution is 0.441. The number of aryl methyl sites for hydroxylation is 1. The number of rotatable bonds is 1. The summed E-state index contributed by atoms with van der Waals surface area (Å²) in [7, 11) is 0. The summed E-state index contributed by atoms with van der Waals surface area (Å²) in [5, 5.41) is 4.14. The van der Waals surface area contributed by atoms with Crippen LogP contribution in [0.1, 0.15) is 37.8 Å². The van der Waals surface area contributed by atoms with Crippen molar-refractivity contribution >= 4 is 17.2 Å². The van der Waals surface area contributed by atoms with Crippen LogP contribution in [0, 0.1) is 6.92 Å². The molecule has 1 aliphatic rings. The molecule has 5 rings (SSSR count). The largest absolute Gasteiger partial charge is 0.367 e. The SMILES string of the molecule is Cc1cnc2ncc(-c3ccn4nc(N)ncc34)cn12.NC1CCCCC1. The van der Waals surface area contributed by atoms with Crippen LogP contribution in [0.3, 0.4) is 0 Å². The molecule has 1 saturated carbocycles. The van der Waals surface area contributed by atoms with Crippen LogP contribution in [-0.2, 0) is 0 Å². The van der Waals surface area contributed by atoms with E-state index in [0.29, 0.717) is 11.8 Å². The zero-order chi connectivity index (χ0) is 18.8. The van der Waals surface area contributed by atoms with E-state index >= 15 is 0 Å². The van der Waals surface area contributed by atoms with E-state index in [9.17, 15) is 0 Å². The van der Waals surface area contributed by atoms with Crippen molar-refractivity contribution in [3.05, 3.63) is 42.7 Å². The van der Waals surface area contributed by atoms with E-state index in [1.807, 2.05) is 29.8 Å². The highest BCUT2D eigenvalue weighted by Crippen LogP contribution is 2.24. The summed E-state index contributed by atoms with van der Waals surface area (Å²) >= 11 is 0. The first-order valence-corrected chi connectivity index (χ1v) is 9.27. The van der Waals surface area contributed by atoms with Crippen LogP contribution in [0.4, 0.5) is 5.95 Å². The van der Waals surface area contributed by atoms with Gasteiger partial charge in [0, 0.05) is 41.5 Å². The molecular formula is C19H24N8. The Morgan fingerprint density at radius 3 is 2.56 bits per heavy atom. The van der Waals surface area contributed by atoms with Crippen LogP contribution in [0.2, 0.25) is 0 Å². The van der Waals surface area contributed by atoms with Gasteiger partial charge in [-0.05, 0) is 25.8 Å². The molecule has 1 fully saturated rings. The number of imidazole rings is 1. The fourth-order valence-electron chi connectivity index (χ4n) is 3.42. The van der Waals surface area contributed by atoms with Gasteiger partial charge >= 0.3 is 0 Å². The highest BCUT2D eigenvalue weighted by Gasteiger charge is 2.09. The molecule has 0 aliphatic heterocycles. The molecular weight excluding hydrogens is 340 g/mol. The Morgan fingerprint density at radius 1 is 1.04 bits per heavy atom. The van der Waals surface area contributed by atoms with E-state index in [2.05, 4.69) is 20.1 Å². The van der Waals surface area contributed by atoms with E-state index in [1.165, 1.54) is 32.1 Å². The molecule has 4 N–H and O–H groups in total. The summed E-state index contributed by atoms with van der Waals surface area (Å²) in [4.78, 5) is 12.6. The maximum Gasteiger partial charge on any atom is 0.238 e. The predicted octanol–water partition coefficient (Wildman–Crippen LogP) is 2.61. The Hall–Kier alpha value is -3.00. The Morgan fingerprint density at radius 2 is 1.81 bits per heavy atom. The molecule has 8 heteroatoms. The average Bonchev–Trinajstić information content (AvgIpc) is 3.26. The number of aromatic nitrogens is 6. The molecule has 4 aromatic heterocycles. The first-order chi connectivity index (χ1) is 13.1. The number of nitrogens with zero attached hydrogens (tertiary/aromatic N) is 6. The zero-order valence-corrected chi connectivity index (χ0v) is 15.4. The molecule has 1 aliphatic carbocycles. The van der Waals surface area contributed by atoms with Crippen molar-refractivity contribution in [2.75, 3.05) is 5.73 Å². The van der Waals surface area contributed by atoms with E-state index in [0.717, 1.165) is 22.3 Å². The van der Waals surface area contributed by atoms with Crippen molar-refractivity contribution in [1.29, 1.82) is 0 Å². The minimum Gasteiger partial charge on any atom is -0.367 e. The lowest BCUT2D eigenvalue weighted by Gasteiger charge is -2.15. The monoisotopic (exact) mass is 364 g/mol. The number of hydrogen-bond donors (Lipinski definition) is 2. The van der Waals surface area contributed by atoms with Crippen LogP contribution < -0.4 is 11.5 Å². The summed E-state index contributed by atoms with van der Waals surface area (Å²) in [5.41, 5.74) is 15.1. The lowest BCUT2D eigenvalue weighted by Crippen LogP contribution is -2.22. The van der Waals surface area contributed by atoms with Gasteiger partial charge in [0.05, 0.1) is 17.9 Å². The molecule has 0 bridgehead atoms. The third-order valence-electron chi connectivity index (χ3n) is 4.94. The highest BCUT2D eigenvalue weighted by molar-refractivity contribution is 5.79. The van der Waals surface area contributed by atoms with Gasteiger partial charge in [-0.2, -0.15) is 0 Å². The topological polar surface area (TPSA) is 112 Å². The molecule has 8 nitrogen and oxygen atoms in total. The maximum atomic E-state index is 5.63. The smallest absolute Gasteiger partial charge is 0.238 e. The third-order valence-corrected chi connectivity index (χ3v) is 4.94. The van der Waals surface area contributed by atoms with Crippen molar-refractivity contribution in [2.24, 2.45) is 5.73 Å². The molecule has 4 aromatic rings. The summed E-state index contributed by atoms with van der Waals surface area (Å²) in [6, 6.07) is 2.51. The second kappa shape index (κ2) is 7.32. The van der Waals surface area contributed by atoms with E-state index < -0.39 is 0 Å². The molecule has 0 spiro atoms. The van der Waals surface area contributed by atoms with Gasteiger partial charge in [0.2, 0.25) is 11.7 Å². The van der Waals surface area contributed by atoms with Crippen molar-refractivity contribution in [2.45, 2.75) is 45.1 Å². The van der Waals surface area contributed by atoms with E-state index in [4.69, 9.17) is 11.5 Å². The molecule has 0 unspecified atom stereocenters. The normalized spacial score (nSPS) is 15.0. The average molecular weight is 364 g/mol. The number of hydrogen-bond acceptors (Lipinski definition) is 6. The molecule has 0 saturated heterocycles. The minimum absolute atomic E-state index is 0.249. The minimum atomic E-state index is 0.249. The molecule has 27 heavy (non-hydrogen) atoms. The summed E-state index contributed by atoms with van der Waals surface area (Å²) in [6.07, 6.45) is 15.8. The quantitative estimate of drug-likeness (QED) is 0.537. The number of fused-ring (bicyclic) bond motifs is 2. The van der Waals surface area contributed by atoms with Crippen LogP contribution in [0.25, 0.3) is 22.4 Å². The first-order valence-electron chi connectivity index (χ1n) is 9.27. The third kappa shape index (κ3) is 3.61. The Bertz CT molecular complexity index is 1060. The zero-order valence-electron chi connectivity index (χ0n) is 15.4. The van der Waals surface area contributed by atoms with Crippen molar-refractivity contribution in [3.63, 3.8) is 0 Å². The number of nitrogens with two attached hydrogens (primary N) is 2. The fourth-order valence-corrected chi connectivity index (χ4v) is 3.42. The molecule has 0 amide bonds. The van der Waals surface area contributed by atoms with E-state index in [-0.39, 0.29) is 5.95 Å². The van der Waals surface area contributed by atoms with E-state index in [1.54, 1.807) is 23.1 Å². The lowest BCUT2D eigenvalue weighted by atomic mass is 9.97. The molecule has 0 atom stereocenters. The number of nitrogen functional groups attached to an aromatic ring is 1. The van der Waals surface area contributed by atoms with Gasteiger partial charge in [-0.3, -0.25) is 4.40 Å². The van der Waals surface area contributed by atoms with Gasteiger partial charge in [0.25, 0.3) is 0 Å². The van der Waals surface area contributed by atoms with Crippen molar-refractivity contribution in [3.8, 4) is 11.1 Å². The Kier molecular flexibility index (Phi) is 4.72. The van der Waals surface area contributed by atoms with Gasteiger partial charge in [0.1, 0.15) is 0 Å². The molecule has 0 radical (unpaired) electrons. The van der Waals surface area contributed by atoms with Crippen molar-refractivity contribution < 1.29 is 0 Å². The Labute approximate surface area is 157 Å².